The van der Waals surface area contributed by atoms with Gasteiger partial charge in [0, 0.05) is 37.5 Å². The Morgan fingerprint density at radius 2 is 2.11 bits per heavy atom. The molecule has 2 N–H and O–H groups in total. The smallest absolute Gasteiger partial charge is 0.325 e. The van der Waals surface area contributed by atoms with Gasteiger partial charge in [-0.05, 0) is 67.3 Å². The first kappa shape index (κ1) is 27.3. The molecule has 1 aromatic heterocycles. The first-order valence-electron chi connectivity index (χ1n) is 13.5. The van der Waals surface area contributed by atoms with Crippen LogP contribution in [0, 0.1) is 5.82 Å². The molecule has 8 heteroatoms. The van der Waals surface area contributed by atoms with Crippen LogP contribution in [-0.4, -0.2) is 59.9 Å². The number of hydrogen-bond acceptors (Lipinski definition) is 6. The van der Waals surface area contributed by atoms with E-state index < -0.39 is 17.8 Å². The van der Waals surface area contributed by atoms with Crippen molar-refractivity contribution in [2.75, 3.05) is 32.1 Å². The summed E-state index contributed by atoms with van der Waals surface area (Å²) in [4.78, 5) is 18.6. The third-order valence-electron chi connectivity index (χ3n) is 7.58. The van der Waals surface area contributed by atoms with E-state index in [-0.39, 0.29) is 17.8 Å². The zero-order valence-corrected chi connectivity index (χ0v) is 22.2. The quantitative estimate of drug-likeness (QED) is 0.360. The van der Waals surface area contributed by atoms with Gasteiger partial charge < -0.3 is 19.9 Å². The molecule has 0 aliphatic carbocycles. The molecular formula is C29H40FN3O4. The Morgan fingerprint density at radius 1 is 1.27 bits per heavy atom. The van der Waals surface area contributed by atoms with Crippen molar-refractivity contribution in [3.05, 3.63) is 53.0 Å². The van der Waals surface area contributed by atoms with Crippen molar-refractivity contribution in [1.29, 1.82) is 0 Å². The van der Waals surface area contributed by atoms with Crippen molar-refractivity contribution >= 4 is 11.8 Å². The minimum Gasteiger partial charge on any atom is -0.493 e. The van der Waals surface area contributed by atoms with E-state index in [0.29, 0.717) is 31.3 Å². The minimum atomic E-state index is -1.01. The highest BCUT2D eigenvalue weighted by atomic mass is 19.1. The highest BCUT2D eigenvalue weighted by molar-refractivity contribution is 5.77. The van der Waals surface area contributed by atoms with Gasteiger partial charge in [-0.15, -0.1) is 0 Å². The summed E-state index contributed by atoms with van der Waals surface area (Å²) in [6.45, 7) is 5.68. The summed E-state index contributed by atoms with van der Waals surface area (Å²) in [5.41, 5.74) is 2.43. The lowest BCUT2D eigenvalue weighted by molar-refractivity contribution is -0.143. The van der Waals surface area contributed by atoms with E-state index in [9.17, 15) is 14.3 Å². The van der Waals surface area contributed by atoms with E-state index in [0.717, 1.165) is 56.3 Å². The number of likely N-dealkylation sites (tertiary alicyclic amines) is 1. The van der Waals surface area contributed by atoms with Gasteiger partial charge in [0.15, 0.2) is 11.6 Å². The molecule has 0 unspecified atom stereocenters. The molecule has 0 radical (unpaired) electrons. The van der Waals surface area contributed by atoms with Crippen LogP contribution in [0.5, 0.6) is 5.75 Å². The lowest BCUT2D eigenvalue weighted by Crippen LogP contribution is -2.34. The monoisotopic (exact) mass is 513 g/mol. The van der Waals surface area contributed by atoms with Gasteiger partial charge in [-0.1, -0.05) is 32.8 Å². The number of nitrogens with zero attached hydrogens (tertiary/aromatic N) is 2. The molecule has 0 bridgehead atoms. The number of hydrogen-bond donors (Lipinski definition) is 2. The van der Waals surface area contributed by atoms with Crippen LogP contribution in [0.2, 0.25) is 0 Å². The molecule has 4 rings (SSSR count). The highest BCUT2D eigenvalue weighted by Crippen LogP contribution is 2.37. The number of aliphatic carboxylic acids is 1. The van der Waals surface area contributed by atoms with Crippen LogP contribution in [0.3, 0.4) is 0 Å². The molecule has 202 valence electrons. The van der Waals surface area contributed by atoms with Crippen molar-refractivity contribution in [1.82, 2.24) is 9.88 Å². The fraction of sp³-hybridized carbons (Fsp3) is 0.586. The summed E-state index contributed by atoms with van der Waals surface area (Å²) < 4.78 is 26.1. The summed E-state index contributed by atoms with van der Waals surface area (Å²) >= 11 is 0. The van der Waals surface area contributed by atoms with Gasteiger partial charge in [-0.3, -0.25) is 9.69 Å². The number of ether oxygens (including phenoxy) is 2. The van der Waals surface area contributed by atoms with E-state index in [1.807, 2.05) is 31.0 Å². The standard InChI is InChI=1S/C29H40FN3O4/c1-19(2)21-16-24(27(36-3)25(30)17-21)26(29(34)35)33-14-12-23(18-33)37-15-6-4-5-9-22-11-10-20-8-7-13-31-28(20)32-22/h7-8,13,16-17,19,22-23,26H,4-6,9-12,14-15,18H2,1-3H3,(H,31,32)(H,34,35)/t22-,23-,26+/m1/s1. The van der Waals surface area contributed by atoms with Crippen molar-refractivity contribution in [2.45, 2.75) is 82.9 Å². The topological polar surface area (TPSA) is 83.9 Å². The second-order valence-corrected chi connectivity index (χ2v) is 10.5. The maximum absolute atomic E-state index is 14.7. The van der Waals surface area contributed by atoms with Crippen LogP contribution in [0.25, 0.3) is 0 Å². The number of pyridine rings is 1. The van der Waals surface area contributed by atoms with Crippen molar-refractivity contribution in [3.63, 3.8) is 0 Å². The molecule has 37 heavy (non-hydrogen) atoms. The third kappa shape index (κ3) is 6.79. The van der Waals surface area contributed by atoms with Crippen LogP contribution in [0.15, 0.2) is 30.5 Å². The molecule has 1 fully saturated rings. The number of aromatic nitrogens is 1. The van der Waals surface area contributed by atoms with Gasteiger partial charge >= 0.3 is 5.97 Å². The molecule has 7 nitrogen and oxygen atoms in total. The van der Waals surface area contributed by atoms with Gasteiger partial charge in [-0.2, -0.15) is 0 Å². The van der Waals surface area contributed by atoms with E-state index in [1.165, 1.54) is 18.7 Å². The van der Waals surface area contributed by atoms with E-state index in [4.69, 9.17) is 9.47 Å². The number of carbonyl (C=O) groups is 1. The fourth-order valence-corrected chi connectivity index (χ4v) is 5.50. The molecular weight excluding hydrogens is 473 g/mol. The molecule has 3 atom stereocenters. The number of benzene rings is 1. The van der Waals surface area contributed by atoms with Gasteiger partial charge in [0.1, 0.15) is 11.9 Å². The fourth-order valence-electron chi connectivity index (χ4n) is 5.50. The van der Waals surface area contributed by atoms with Gasteiger partial charge in [-0.25, -0.2) is 9.37 Å². The second kappa shape index (κ2) is 12.7. The summed E-state index contributed by atoms with van der Waals surface area (Å²) in [5.74, 6) is -0.416. The predicted octanol–water partition coefficient (Wildman–Crippen LogP) is 5.56. The van der Waals surface area contributed by atoms with Gasteiger partial charge in [0.25, 0.3) is 0 Å². The number of carboxylic acids is 1. The molecule has 0 amide bonds. The Hall–Kier alpha value is -2.71. The SMILES string of the molecule is COc1c(F)cc(C(C)C)cc1[C@@H](C(=O)O)N1CC[C@@H](OCCCCC[C@@H]2CCc3cccnc3N2)C1. The summed E-state index contributed by atoms with van der Waals surface area (Å²) in [6, 6.07) is 6.85. The number of methoxy groups -OCH3 is 1. The van der Waals surface area contributed by atoms with E-state index >= 15 is 0 Å². The summed E-state index contributed by atoms with van der Waals surface area (Å²) in [7, 11) is 1.38. The Bertz CT molecular complexity index is 1060. The Labute approximate surface area is 219 Å². The van der Waals surface area contributed by atoms with Crippen LogP contribution >= 0.6 is 0 Å². The Kier molecular flexibility index (Phi) is 9.38. The number of aryl methyl sites for hydroxylation is 1. The Balaban J connectivity index is 1.23. The van der Waals surface area contributed by atoms with Crippen molar-refractivity contribution < 1.29 is 23.8 Å². The molecule has 0 spiro atoms. The largest absolute Gasteiger partial charge is 0.493 e. The van der Waals surface area contributed by atoms with Crippen molar-refractivity contribution in [2.24, 2.45) is 0 Å². The molecule has 1 aromatic carbocycles. The zero-order valence-electron chi connectivity index (χ0n) is 22.2. The third-order valence-corrected chi connectivity index (χ3v) is 7.58. The second-order valence-electron chi connectivity index (χ2n) is 10.5. The number of fused-ring (bicyclic) bond motifs is 1. The normalized spacial score (nSPS) is 20.5. The predicted molar refractivity (Wildman–Crippen MR) is 142 cm³/mol. The number of nitrogens with one attached hydrogen (secondary N) is 1. The maximum atomic E-state index is 14.7. The number of unbranched alkanes of at least 4 members (excludes halogenated alkanes) is 2. The number of carboxylic acid groups (broad SMARTS) is 1. The van der Waals surface area contributed by atoms with Crippen LogP contribution in [0.1, 0.15) is 81.0 Å². The number of halogens is 1. The molecule has 0 saturated carbocycles. The average molecular weight is 514 g/mol. The van der Waals surface area contributed by atoms with E-state index in [2.05, 4.69) is 16.4 Å². The highest BCUT2D eigenvalue weighted by Gasteiger charge is 2.36. The number of anilines is 1. The zero-order chi connectivity index (χ0) is 26.4. The lowest BCUT2D eigenvalue weighted by Gasteiger charge is -2.27. The van der Waals surface area contributed by atoms with Crippen LogP contribution < -0.4 is 10.1 Å². The molecule has 2 aromatic rings. The molecule has 2 aliphatic rings. The average Bonchev–Trinajstić information content (AvgIpc) is 3.33. The molecule has 1 saturated heterocycles. The first-order valence-corrected chi connectivity index (χ1v) is 13.5. The van der Waals surface area contributed by atoms with Gasteiger partial charge in [0.05, 0.1) is 13.2 Å². The minimum absolute atomic E-state index is 0.00731. The molecule has 2 aliphatic heterocycles. The number of rotatable bonds is 12. The summed E-state index contributed by atoms with van der Waals surface area (Å²) in [6.07, 6.45) is 9.15. The maximum Gasteiger partial charge on any atom is 0.325 e. The lowest BCUT2D eigenvalue weighted by atomic mass is 9.95. The van der Waals surface area contributed by atoms with Crippen LogP contribution in [-0.2, 0) is 16.0 Å². The Morgan fingerprint density at radius 3 is 2.86 bits per heavy atom. The van der Waals surface area contributed by atoms with Crippen LogP contribution in [0.4, 0.5) is 10.2 Å². The van der Waals surface area contributed by atoms with Gasteiger partial charge in [0.2, 0.25) is 0 Å². The summed E-state index contributed by atoms with van der Waals surface area (Å²) in [5, 5.41) is 13.6. The van der Waals surface area contributed by atoms with E-state index in [1.54, 1.807) is 6.07 Å². The molecule has 3 heterocycles. The first-order chi connectivity index (χ1) is 17.9. The van der Waals surface area contributed by atoms with Crippen molar-refractivity contribution in [3.8, 4) is 5.75 Å².